The van der Waals surface area contributed by atoms with E-state index in [0.717, 1.165) is 24.3 Å². The fourth-order valence-electron chi connectivity index (χ4n) is 2.03. The van der Waals surface area contributed by atoms with Gasteiger partial charge >= 0.3 is 6.18 Å². The molecule has 14 heteroatoms. The Morgan fingerprint density at radius 1 is 1.21 bits per heavy atom. The summed E-state index contributed by atoms with van der Waals surface area (Å²) in [5, 5.41) is 10.7. The number of halogens is 4. The summed E-state index contributed by atoms with van der Waals surface area (Å²) in [5.74, 6) is -1.68. The van der Waals surface area contributed by atoms with E-state index in [1.807, 2.05) is 0 Å². The maximum Gasteiger partial charge on any atom is 0.416 e. The molecule has 4 N–H and O–H groups in total. The zero-order valence-corrected chi connectivity index (χ0v) is 16.1. The van der Waals surface area contributed by atoms with Crippen LogP contribution in [-0.2, 0) is 16.2 Å². The van der Waals surface area contributed by atoms with Crippen molar-refractivity contribution in [3.8, 4) is 11.5 Å². The maximum atomic E-state index is 12.7. The van der Waals surface area contributed by atoms with Crippen molar-refractivity contribution in [3.63, 3.8) is 0 Å². The molecule has 0 heterocycles. The first-order valence-electron chi connectivity index (χ1n) is 7.13. The highest BCUT2D eigenvalue weighted by Gasteiger charge is 2.31. The monoisotopic (exact) mass is 455 g/mol. The zero-order chi connectivity index (χ0) is 21.3. The second-order valence-corrected chi connectivity index (χ2v) is 7.54. The second-order valence-electron chi connectivity index (χ2n) is 5.38. The van der Waals surface area contributed by atoms with E-state index in [-0.39, 0.29) is 17.6 Å². The Kier molecular flexibility index (Phi) is 7.18. The molecular weight excluding hydrogens is 443 g/mol. The molecule has 0 atom stereocenters. The molecule has 0 aliphatic rings. The van der Waals surface area contributed by atoms with Crippen LogP contribution in [0.25, 0.3) is 0 Å². The molecule has 29 heavy (non-hydrogen) atoms. The molecule has 158 valence electrons. The number of nitro groups is 1. The topological polar surface area (TPSA) is 151 Å². The number of amides is 1. The Morgan fingerprint density at radius 2 is 1.83 bits per heavy atom. The lowest BCUT2D eigenvalue weighted by Gasteiger charge is -2.12. The van der Waals surface area contributed by atoms with E-state index in [2.05, 4.69) is 0 Å². The minimum Gasteiger partial charge on any atom is -0.456 e. The molecule has 0 saturated heterocycles. The first kappa shape index (κ1) is 24.1. The molecule has 0 aliphatic heterocycles. The number of carbonyl (C=O) groups excluding carboxylic acids is 1. The lowest BCUT2D eigenvalue weighted by Crippen LogP contribution is -2.29. The first-order valence-corrected chi connectivity index (χ1v) is 9.40. The number of benzene rings is 2. The summed E-state index contributed by atoms with van der Waals surface area (Å²) >= 11 is 5.76. The summed E-state index contributed by atoms with van der Waals surface area (Å²) in [6.45, 7) is 0. The predicted molar refractivity (Wildman–Crippen MR) is 97.0 cm³/mol. The van der Waals surface area contributed by atoms with Crippen LogP contribution in [0.15, 0.2) is 36.4 Å². The number of ether oxygens (including phenoxy) is 1. The predicted octanol–water partition coefficient (Wildman–Crippen LogP) is 3.91. The molecule has 2 rings (SSSR count). The Balaban J connectivity index is 0.00000420. The van der Waals surface area contributed by atoms with E-state index in [1.54, 1.807) is 4.72 Å². The summed E-state index contributed by atoms with van der Waals surface area (Å²) in [4.78, 5) is 22.2. The summed E-state index contributed by atoms with van der Waals surface area (Å²) in [7, 11) is -4.00. The number of alkyl halides is 3. The van der Waals surface area contributed by atoms with Crippen molar-refractivity contribution < 1.29 is 36.0 Å². The van der Waals surface area contributed by atoms with Gasteiger partial charge in [-0.05, 0) is 24.3 Å². The zero-order valence-electron chi connectivity index (χ0n) is 14.5. The van der Waals surface area contributed by atoms with Gasteiger partial charge in [0.25, 0.3) is 11.6 Å². The molecule has 0 spiro atoms. The van der Waals surface area contributed by atoms with Gasteiger partial charge in [-0.2, -0.15) is 13.2 Å². The van der Waals surface area contributed by atoms with Crippen LogP contribution in [0.4, 0.5) is 18.9 Å². The van der Waals surface area contributed by atoms with Gasteiger partial charge in [0.15, 0.2) is 0 Å². The molecule has 0 aliphatic carbocycles. The molecule has 0 radical (unpaired) electrons. The van der Waals surface area contributed by atoms with Crippen molar-refractivity contribution in [2.24, 2.45) is 0 Å². The Bertz CT molecular complexity index is 1060. The number of hydrogen-bond acceptors (Lipinski definition) is 7. The highest BCUT2D eigenvalue weighted by Crippen LogP contribution is 2.37. The van der Waals surface area contributed by atoms with E-state index >= 15 is 0 Å². The van der Waals surface area contributed by atoms with Crippen molar-refractivity contribution in [3.05, 3.63) is 62.7 Å². The molecule has 9 nitrogen and oxygen atoms in total. The quantitative estimate of drug-likeness (QED) is 0.512. The van der Waals surface area contributed by atoms with Gasteiger partial charge in [0, 0.05) is 12.1 Å². The molecule has 1 amide bonds. The van der Waals surface area contributed by atoms with Crippen molar-refractivity contribution in [2.45, 2.75) is 6.18 Å². The van der Waals surface area contributed by atoms with Gasteiger partial charge in [-0.25, -0.2) is 13.1 Å². The van der Waals surface area contributed by atoms with Crippen LogP contribution in [0, 0.1) is 10.1 Å². The fraction of sp³-hybridized carbons (Fsp3) is 0.133. The van der Waals surface area contributed by atoms with Crippen LogP contribution in [0.5, 0.6) is 11.5 Å². The van der Waals surface area contributed by atoms with Crippen LogP contribution in [0.1, 0.15) is 15.9 Å². The van der Waals surface area contributed by atoms with Gasteiger partial charge in [0.1, 0.15) is 17.1 Å². The number of nitro benzene ring substituents is 1. The Hall–Kier alpha value is -2.90. The lowest BCUT2D eigenvalue weighted by molar-refractivity contribution is -0.385. The second kappa shape index (κ2) is 8.63. The van der Waals surface area contributed by atoms with Gasteiger partial charge < -0.3 is 10.9 Å². The molecule has 2 aromatic carbocycles. The van der Waals surface area contributed by atoms with Crippen LogP contribution in [0.2, 0.25) is 5.02 Å². The molecule has 2 aromatic rings. The van der Waals surface area contributed by atoms with Crippen molar-refractivity contribution in [2.75, 3.05) is 6.26 Å². The normalized spacial score (nSPS) is 11.3. The third kappa shape index (κ3) is 6.30. The van der Waals surface area contributed by atoms with E-state index in [9.17, 15) is 36.5 Å². The van der Waals surface area contributed by atoms with Gasteiger partial charge in [-0.1, -0.05) is 11.6 Å². The summed E-state index contributed by atoms with van der Waals surface area (Å²) in [5.41, 5.74) is -2.34. The minimum absolute atomic E-state index is 0. The number of sulfonamides is 1. The van der Waals surface area contributed by atoms with Crippen molar-refractivity contribution >= 4 is 33.2 Å². The first-order chi connectivity index (χ1) is 12.8. The smallest absolute Gasteiger partial charge is 0.416 e. The lowest BCUT2D eigenvalue weighted by atomic mass is 10.1. The van der Waals surface area contributed by atoms with Crippen LogP contribution in [0.3, 0.4) is 0 Å². The van der Waals surface area contributed by atoms with Gasteiger partial charge in [0.2, 0.25) is 10.0 Å². The molecule has 0 bridgehead atoms. The van der Waals surface area contributed by atoms with Gasteiger partial charge in [0.05, 0.1) is 21.8 Å². The van der Waals surface area contributed by atoms with E-state index in [1.165, 1.54) is 0 Å². The van der Waals surface area contributed by atoms with Crippen LogP contribution in [-0.4, -0.2) is 25.5 Å². The summed E-state index contributed by atoms with van der Waals surface area (Å²) in [6.07, 6.45) is -3.94. The Labute approximate surface area is 167 Å². The average Bonchev–Trinajstić information content (AvgIpc) is 2.54. The number of nitrogens with one attached hydrogen (secondary N) is 1. The summed E-state index contributed by atoms with van der Waals surface area (Å²) < 4.78 is 67.2. The third-order valence-electron chi connectivity index (χ3n) is 3.17. The van der Waals surface area contributed by atoms with Crippen molar-refractivity contribution in [1.29, 1.82) is 0 Å². The number of nitrogens with zero attached hydrogens (tertiary/aromatic N) is 1. The molecule has 0 saturated carbocycles. The standard InChI is InChI=1S/C15H10ClF3N2O6S.H3N/c1-28(25,26)20-14(22)10-7-9(3-4-12(10)21(23)24)27-13-5-2-8(6-11(13)16)15(17,18)19;/h2-7H,1H3,(H,20,22);1H3. The van der Waals surface area contributed by atoms with Gasteiger partial charge in [-0.15, -0.1) is 0 Å². The van der Waals surface area contributed by atoms with Crippen LogP contribution >= 0.6 is 11.6 Å². The average molecular weight is 456 g/mol. The van der Waals surface area contributed by atoms with Crippen LogP contribution < -0.4 is 15.6 Å². The number of carbonyl (C=O) groups is 1. The van der Waals surface area contributed by atoms with E-state index < -0.39 is 48.9 Å². The SMILES string of the molecule is CS(=O)(=O)NC(=O)c1cc(Oc2ccc(C(F)(F)F)cc2Cl)ccc1[N+](=O)[O-].N. The number of hydrogen-bond donors (Lipinski definition) is 2. The Morgan fingerprint density at radius 3 is 2.31 bits per heavy atom. The fourth-order valence-corrected chi connectivity index (χ4v) is 2.70. The molecular formula is C15H13ClF3N3O6S. The van der Waals surface area contributed by atoms with Gasteiger partial charge in [-0.3, -0.25) is 14.9 Å². The third-order valence-corrected chi connectivity index (χ3v) is 4.03. The largest absolute Gasteiger partial charge is 0.456 e. The molecule has 0 fully saturated rings. The minimum atomic E-state index is -4.62. The molecule has 0 unspecified atom stereocenters. The highest BCUT2D eigenvalue weighted by atomic mass is 35.5. The maximum absolute atomic E-state index is 12.7. The van der Waals surface area contributed by atoms with Crippen molar-refractivity contribution in [1.82, 2.24) is 10.9 Å². The number of rotatable bonds is 5. The van der Waals surface area contributed by atoms with E-state index in [4.69, 9.17) is 16.3 Å². The van der Waals surface area contributed by atoms with E-state index in [0.29, 0.717) is 18.4 Å². The highest BCUT2D eigenvalue weighted by molar-refractivity contribution is 7.89. The molecule has 0 aromatic heterocycles. The summed E-state index contributed by atoms with van der Waals surface area (Å²) in [6, 6.07) is 5.09.